The summed E-state index contributed by atoms with van der Waals surface area (Å²) in [5.74, 6) is 0. The fourth-order valence-corrected chi connectivity index (χ4v) is 1.94. The summed E-state index contributed by atoms with van der Waals surface area (Å²) in [5, 5.41) is 11.0. The summed E-state index contributed by atoms with van der Waals surface area (Å²) in [7, 11) is 0. The van der Waals surface area contributed by atoms with Crippen molar-refractivity contribution in [3.05, 3.63) is 29.8 Å². The molecule has 92 valence electrons. The molecule has 0 unspecified atom stereocenters. The third-order valence-corrected chi connectivity index (χ3v) is 2.77. The van der Waals surface area contributed by atoms with Gasteiger partial charge in [-0.25, -0.2) is 4.79 Å². The Morgan fingerprint density at radius 2 is 2.06 bits per heavy atom. The monoisotopic (exact) mass is 236 g/mol. The van der Waals surface area contributed by atoms with Crippen molar-refractivity contribution in [3.63, 3.8) is 0 Å². The molecule has 17 heavy (non-hydrogen) atoms. The van der Waals surface area contributed by atoms with Gasteiger partial charge in [-0.15, -0.1) is 0 Å². The quantitative estimate of drug-likeness (QED) is 0.830. The lowest BCUT2D eigenvalue weighted by molar-refractivity contribution is 0.122. The van der Waals surface area contributed by atoms with Gasteiger partial charge in [0.05, 0.1) is 13.2 Å². The Labute approximate surface area is 100.0 Å². The summed E-state index contributed by atoms with van der Waals surface area (Å²) in [6.45, 7) is 3.48. The predicted octanol–water partition coefficient (Wildman–Crippen LogP) is 1.29. The third kappa shape index (κ3) is 3.10. The van der Waals surface area contributed by atoms with Crippen LogP contribution in [0.15, 0.2) is 24.3 Å². The van der Waals surface area contributed by atoms with Gasteiger partial charge >= 0.3 is 6.09 Å². The number of rotatable bonds is 3. The van der Waals surface area contributed by atoms with Crippen molar-refractivity contribution in [1.29, 1.82) is 0 Å². The molecule has 1 aromatic carbocycles. The lowest BCUT2D eigenvalue weighted by Gasteiger charge is -2.30. The van der Waals surface area contributed by atoms with Gasteiger partial charge in [0.2, 0.25) is 0 Å². The molecular weight excluding hydrogens is 220 g/mol. The highest BCUT2D eigenvalue weighted by molar-refractivity contribution is 5.65. The van der Waals surface area contributed by atoms with Crippen LogP contribution in [-0.2, 0) is 11.3 Å². The number of ether oxygens (including phenoxy) is 1. The van der Waals surface area contributed by atoms with Crippen molar-refractivity contribution in [2.45, 2.75) is 6.54 Å². The van der Waals surface area contributed by atoms with Crippen molar-refractivity contribution >= 4 is 11.8 Å². The third-order valence-electron chi connectivity index (χ3n) is 2.77. The van der Waals surface area contributed by atoms with Crippen LogP contribution in [0.25, 0.3) is 0 Å². The van der Waals surface area contributed by atoms with E-state index in [1.165, 1.54) is 0 Å². The van der Waals surface area contributed by atoms with Crippen molar-refractivity contribution in [1.82, 2.24) is 5.32 Å². The Hall–Kier alpha value is -1.75. The van der Waals surface area contributed by atoms with Crippen LogP contribution in [0, 0.1) is 0 Å². The zero-order valence-corrected chi connectivity index (χ0v) is 9.56. The lowest BCUT2D eigenvalue weighted by Crippen LogP contribution is -2.37. The van der Waals surface area contributed by atoms with Gasteiger partial charge < -0.3 is 20.1 Å². The minimum absolute atomic E-state index is 0.336. The number of morpholine rings is 1. The van der Waals surface area contributed by atoms with Gasteiger partial charge in [0, 0.05) is 25.3 Å². The number of hydrogen-bond acceptors (Lipinski definition) is 3. The van der Waals surface area contributed by atoms with E-state index < -0.39 is 6.09 Å². The summed E-state index contributed by atoms with van der Waals surface area (Å²) in [6.07, 6.45) is -0.998. The van der Waals surface area contributed by atoms with Crippen molar-refractivity contribution in [2.75, 3.05) is 31.2 Å². The maximum atomic E-state index is 10.5. The first-order valence-electron chi connectivity index (χ1n) is 5.65. The highest BCUT2D eigenvalue weighted by Gasteiger charge is 2.14. The van der Waals surface area contributed by atoms with E-state index in [4.69, 9.17) is 9.84 Å². The van der Waals surface area contributed by atoms with Crippen molar-refractivity contribution in [2.24, 2.45) is 0 Å². The second kappa shape index (κ2) is 5.54. The van der Waals surface area contributed by atoms with Gasteiger partial charge in [-0.3, -0.25) is 0 Å². The molecule has 0 saturated carbocycles. The van der Waals surface area contributed by atoms with Crippen LogP contribution in [0.4, 0.5) is 10.5 Å². The Morgan fingerprint density at radius 3 is 2.76 bits per heavy atom. The topological polar surface area (TPSA) is 61.8 Å². The minimum Gasteiger partial charge on any atom is -0.465 e. The van der Waals surface area contributed by atoms with E-state index in [0.717, 1.165) is 37.6 Å². The number of hydrogen-bond donors (Lipinski definition) is 2. The molecule has 0 aliphatic carbocycles. The number of para-hydroxylation sites is 1. The highest BCUT2D eigenvalue weighted by atomic mass is 16.5. The van der Waals surface area contributed by atoms with Gasteiger partial charge in [0.15, 0.2) is 0 Å². The molecule has 2 N–H and O–H groups in total. The number of amides is 1. The molecular formula is C12H16N2O3. The average molecular weight is 236 g/mol. The Kier molecular flexibility index (Phi) is 3.82. The van der Waals surface area contributed by atoms with Gasteiger partial charge in [-0.1, -0.05) is 18.2 Å². The molecule has 1 saturated heterocycles. The van der Waals surface area contributed by atoms with Crippen molar-refractivity contribution in [3.8, 4) is 0 Å². The molecule has 1 aromatic rings. The number of benzene rings is 1. The van der Waals surface area contributed by atoms with Gasteiger partial charge in [0.1, 0.15) is 0 Å². The van der Waals surface area contributed by atoms with E-state index in [9.17, 15) is 4.79 Å². The summed E-state index contributed by atoms with van der Waals surface area (Å²) in [4.78, 5) is 12.7. The molecule has 0 atom stereocenters. The normalized spacial score (nSPS) is 15.6. The van der Waals surface area contributed by atoms with Crippen LogP contribution in [-0.4, -0.2) is 37.5 Å². The molecule has 0 bridgehead atoms. The molecule has 0 spiro atoms. The largest absolute Gasteiger partial charge is 0.465 e. The minimum atomic E-state index is -0.998. The molecule has 0 radical (unpaired) electrons. The summed E-state index contributed by atoms with van der Waals surface area (Å²) in [6, 6.07) is 7.85. The van der Waals surface area contributed by atoms with E-state index in [2.05, 4.69) is 10.2 Å². The maximum Gasteiger partial charge on any atom is 0.404 e. The number of carbonyl (C=O) groups is 1. The van der Waals surface area contributed by atoms with Crippen LogP contribution >= 0.6 is 0 Å². The van der Waals surface area contributed by atoms with E-state index in [0.29, 0.717) is 6.54 Å². The molecule has 1 aliphatic heterocycles. The van der Waals surface area contributed by atoms with Gasteiger partial charge in [-0.2, -0.15) is 0 Å². The predicted molar refractivity (Wildman–Crippen MR) is 64.3 cm³/mol. The smallest absolute Gasteiger partial charge is 0.404 e. The van der Waals surface area contributed by atoms with E-state index >= 15 is 0 Å². The number of carboxylic acid groups (broad SMARTS) is 1. The molecule has 1 heterocycles. The maximum absolute atomic E-state index is 10.5. The second-order valence-electron chi connectivity index (χ2n) is 3.89. The summed E-state index contributed by atoms with van der Waals surface area (Å²) in [5.41, 5.74) is 2.08. The molecule has 5 heteroatoms. The molecule has 1 amide bonds. The SMILES string of the molecule is O=C(O)NCc1ccccc1N1CCOCC1. The van der Waals surface area contributed by atoms with E-state index in [-0.39, 0.29) is 0 Å². The molecule has 0 aromatic heterocycles. The Bertz CT molecular complexity index is 389. The molecule has 1 fully saturated rings. The van der Waals surface area contributed by atoms with Crippen molar-refractivity contribution < 1.29 is 14.6 Å². The Balaban J connectivity index is 2.11. The summed E-state index contributed by atoms with van der Waals surface area (Å²) >= 11 is 0. The van der Waals surface area contributed by atoms with Crippen LogP contribution in [0.3, 0.4) is 0 Å². The van der Waals surface area contributed by atoms with Crippen LogP contribution in [0.5, 0.6) is 0 Å². The number of nitrogens with one attached hydrogen (secondary N) is 1. The first-order valence-corrected chi connectivity index (χ1v) is 5.65. The molecule has 5 nitrogen and oxygen atoms in total. The van der Waals surface area contributed by atoms with E-state index in [1.54, 1.807) is 0 Å². The number of anilines is 1. The molecule has 2 rings (SSSR count). The Morgan fingerprint density at radius 1 is 1.35 bits per heavy atom. The fourth-order valence-electron chi connectivity index (χ4n) is 1.94. The van der Waals surface area contributed by atoms with Crippen LogP contribution in [0.1, 0.15) is 5.56 Å². The first-order chi connectivity index (χ1) is 8.27. The molecule has 1 aliphatic rings. The van der Waals surface area contributed by atoms with Crippen LogP contribution in [0.2, 0.25) is 0 Å². The highest BCUT2D eigenvalue weighted by Crippen LogP contribution is 2.21. The second-order valence-corrected chi connectivity index (χ2v) is 3.89. The lowest BCUT2D eigenvalue weighted by atomic mass is 10.1. The van der Waals surface area contributed by atoms with E-state index in [1.807, 2.05) is 24.3 Å². The standard InChI is InChI=1S/C12H16N2O3/c15-12(16)13-9-10-3-1-2-4-11(10)14-5-7-17-8-6-14/h1-4,13H,5-9H2,(H,15,16). The first kappa shape index (κ1) is 11.7. The van der Waals surface area contributed by atoms with Gasteiger partial charge in [0.25, 0.3) is 0 Å². The fraction of sp³-hybridized carbons (Fsp3) is 0.417. The van der Waals surface area contributed by atoms with Gasteiger partial charge in [-0.05, 0) is 11.6 Å². The number of nitrogens with zero attached hydrogens (tertiary/aromatic N) is 1. The van der Waals surface area contributed by atoms with Crippen LogP contribution < -0.4 is 10.2 Å². The zero-order valence-electron chi connectivity index (χ0n) is 9.56. The zero-order chi connectivity index (χ0) is 12.1. The average Bonchev–Trinajstić information content (AvgIpc) is 2.38. The summed E-state index contributed by atoms with van der Waals surface area (Å²) < 4.78 is 5.31.